The molecule has 0 bridgehead atoms. The van der Waals surface area contributed by atoms with Crippen LogP contribution in [0.4, 0.5) is 0 Å². The third-order valence-electron chi connectivity index (χ3n) is 6.42. The van der Waals surface area contributed by atoms with E-state index in [1.165, 1.54) is 38.8 Å². The number of likely N-dealkylation sites (tertiary alicyclic amines) is 2. The molecule has 3 heterocycles. The van der Waals surface area contributed by atoms with Crippen LogP contribution in [0.3, 0.4) is 0 Å². The first-order valence-electron chi connectivity index (χ1n) is 12.2. The Morgan fingerprint density at radius 3 is 2.57 bits per heavy atom. The number of hydrogen-bond donors (Lipinski definition) is 1. The molecule has 0 spiro atoms. The van der Waals surface area contributed by atoms with Gasteiger partial charge >= 0.3 is 0 Å². The number of rotatable bonds is 8. The topological polar surface area (TPSA) is 49.3 Å². The van der Waals surface area contributed by atoms with Crippen LogP contribution in [0.5, 0.6) is 0 Å². The predicted octanol–water partition coefficient (Wildman–Crippen LogP) is 3.74. The zero-order valence-corrected chi connectivity index (χ0v) is 21.8. The van der Waals surface area contributed by atoms with Crippen LogP contribution in [-0.2, 0) is 9.47 Å². The van der Waals surface area contributed by atoms with Gasteiger partial charge in [0, 0.05) is 38.8 Å². The average molecular weight is 537 g/mol. The van der Waals surface area contributed by atoms with Crippen molar-refractivity contribution >= 4 is 29.9 Å². The van der Waals surface area contributed by atoms with Gasteiger partial charge in [0.2, 0.25) is 0 Å². The molecule has 2 atom stereocenters. The molecule has 176 valence electrons. The SMILES string of the molecule is CCNC(=NC[C@H]1CCCN1CC(C)C)N1CCC(OCC2CCCCO2)CC1.I. The lowest BCUT2D eigenvalue weighted by atomic mass is 10.1. The molecule has 3 saturated heterocycles. The van der Waals surface area contributed by atoms with E-state index >= 15 is 0 Å². The number of halogens is 1. The van der Waals surface area contributed by atoms with E-state index in [0.29, 0.717) is 18.2 Å². The van der Waals surface area contributed by atoms with Gasteiger partial charge in [0.15, 0.2) is 5.96 Å². The van der Waals surface area contributed by atoms with Gasteiger partial charge < -0.3 is 19.7 Å². The molecule has 0 aromatic rings. The highest BCUT2D eigenvalue weighted by molar-refractivity contribution is 14.0. The van der Waals surface area contributed by atoms with Gasteiger partial charge in [-0.3, -0.25) is 9.89 Å². The van der Waals surface area contributed by atoms with E-state index in [0.717, 1.165) is 70.5 Å². The van der Waals surface area contributed by atoms with Gasteiger partial charge in [-0.25, -0.2) is 0 Å². The highest BCUT2D eigenvalue weighted by Crippen LogP contribution is 2.20. The van der Waals surface area contributed by atoms with Gasteiger partial charge in [-0.05, 0) is 64.3 Å². The normalized spacial score (nSPS) is 26.8. The number of nitrogens with zero attached hydrogens (tertiary/aromatic N) is 3. The first-order chi connectivity index (χ1) is 14.2. The van der Waals surface area contributed by atoms with Crippen molar-refractivity contribution in [2.24, 2.45) is 10.9 Å². The Labute approximate surface area is 201 Å². The van der Waals surface area contributed by atoms with Gasteiger partial charge in [-0.15, -0.1) is 24.0 Å². The molecule has 30 heavy (non-hydrogen) atoms. The van der Waals surface area contributed by atoms with Crippen molar-refractivity contribution in [3.63, 3.8) is 0 Å². The molecule has 0 aromatic heterocycles. The summed E-state index contributed by atoms with van der Waals surface area (Å²) in [5.74, 6) is 1.82. The summed E-state index contributed by atoms with van der Waals surface area (Å²) in [7, 11) is 0. The van der Waals surface area contributed by atoms with Gasteiger partial charge in [0.25, 0.3) is 0 Å². The number of hydrogen-bond acceptors (Lipinski definition) is 4. The molecule has 3 aliphatic rings. The Kier molecular flexibility index (Phi) is 12.3. The Bertz CT molecular complexity index is 492. The highest BCUT2D eigenvalue weighted by Gasteiger charge is 2.26. The van der Waals surface area contributed by atoms with Crippen LogP contribution in [0.15, 0.2) is 4.99 Å². The van der Waals surface area contributed by atoms with Crippen molar-refractivity contribution in [2.45, 2.75) is 84.0 Å². The minimum absolute atomic E-state index is 0. The standard InChI is InChI=1S/C23H44N4O2.HI/c1-4-24-23(25-16-20-8-7-12-27(20)17-19(2)3)26-13-10-21(11-14-26)29-18-22-9-5-6-15-28-22;/h19-22H,4-18H2,1-3H3,(H,24,25);1H/t20-,22?;/m1./s1. The van der Waals surface area contributed by atoms with E-state index in [9.17, 15) is 0 Å². The van der Waals surface area contributed by atoms with Crippen LogP contribution >= 0.6 is 24.0 Å². The van der Waals surface area contributed by atoms with E-state index in [1.807, 2.05) is 0 Å². The fraction of sp³-hybridized carbons (Fsp3) is 0.957. The van der Waals surface area contributed by atoms with Gasteiger partial charge in [0.05, 0.1) is 25.4 Å². The predicted molar refractivity (Wildman–Crippen MR) is 135 cm³/mol. The van der Waals surface area contributed by atoms with Gasteiger partial charge in [-0.1, -0.05) is 13.8 Å². The van der Waals surface area contributed by atoms with Crippen molar-refractivity contribution < 1.29 is 9.47 Å². The second-order valence-electron chi connectivity index (χ2n) is 9.39. The first-order valence-corrected chi connectivity index (χ1v) is 12.2. The number of guanidine groups is 1. The maximum atomic E-state index is 6.18. The summed E-state index contributed by atoms with van der Waals surface area (Å²) in [6, 6.07) is 0.613. The molecule has 6 nitrogen and oxygen atoms in total. The molecule has 1 N–H and O–H groups in total. The monoisotopic (exact) mass is 536 g/mol. The van der Waals surface area contributed by atoms with Crippen molar-refractivity contribution in [1.82, 2.24) is 15.1 Å². The summed E-state index contributed by atoms with van der Waals surface area (Å²) >= 11 is 0. The van der Waals surface area contributed by atoms with Crippen LogP contribution in [0.25, 0.3) is 0 Å². The van der Waals surface area contributed by atoms with Gasteiger partial charge in [0.1, 0.15) is 0 Å². The van der Waals surface area contributed by atoms with Crippen LogP contribution in [0.1, 0.15) is 65.7 Å². The maximum absolute atomic E-state index is 6.18. The van der Waals surface area contributed by atoms with Crippen molar-refractivity contribution in [3.05, 3.63) is 0 Å². The van der Waals surface area contributed by atoms with Crippen LogP contribution < -0.4 is 5.32 Å². The Morgan fingerprint density at radius 1 is 1.10 bits per heavy atom. The van der Waals surface area contributed by atoms with Crippen LogP contribution in [0.2, 0.25) is 0 Å². The molecular weight excluding hydrogens is 491 g/mol. The molecule has 7 heteroatoms. The van der Waals surface area contributed by atoms with E-state index in [2.05, 4.69) is 35.9 Å². The zero-order valence-electron chi connectivity index (χ0n) is 19.5. The molecule has 0 saturated carbocycles. The summed E-state index contributed by atoms with van der Waals surface area (Å²) in [6.45, 7) is 14.8. The molecule has 0 amide bonds. The van der Waals surface area contributed by atoms with E-state index in [-0.39, 0.29) is 24.0 Å². The fourth-order valence-corrected chi connectivity index (χ4v) is 4.85. The molecule has 0 radical (unpaired) electrons. The van der Waals surface area contributed by atoms with E-state index in [1.54, 1.807) is 0 Å². The lowest BCUT2D eigenvalue weighted by Gasteiger charge is -2.35. The summed E-state index contributed by atoms with van der Waals surface area (Å²) in [6.07, 6.45) is 9.11. The Balaban J connectivity index is 0.00000320. The molecule has 0 aromatic carbocycles. The minimum atomic E-state index is 0. The summed E-state index contributed by atoms with van der Waals surface area (Å²) < 4.78 is 12.0. The number of aliphatic imine (C=N–C) groups is 1. The maximum Gasteiger partial charge on any atom is 0.193 e. The average Bonchev–Trinajstić information content (AvgIpc) is 3.17. The number of ether oxygens (including phenoxy) is 2. The molecule has 3 aliphatic heterocycles. The second-order valence-corrected chi connectivity index (χ2v) is 9.39. The van der Waals surface area contributed by atoms with E-state index in [4.69, 9.17) is 14.5 Å². The minimum Gasteiger partial charge on any atom is -0.376 e. The lowest BCUT2D eigenvalue weighted by molar-refractivity contribution is -0.0721. The quantitative estimate of drug-likeness (QED) is 0.291. The largest absolute Gasteiger partial charge is 0.376 e. The summed E-state index contributed by atoms with van der Waals surface area (Å²) in [4.78, 5) is 10.1. The molecule has 1 unspecified atom stereocenters. The Hall–Kier alpha value is -0.120. The number of nitrogens with one attached hydrogen (secondary N) is 1. The fourth-order valence-electron chi connectivity index (χ4n) is 4.85. The zero-order chi connectivity index (χ0) is 20.5. The van der Waals surface area contributed by atoms with Crippen molar-refractivity contribution in [2.75, 3.05) is 52.5 Å². The lowest BCUT2D eigenvalue weighted by Crippen LogP contribution is -2.48. The van der Waals surface area contributed by atoms with Gasteiger partial charge in [-0.2, -0.15) is 0 Å². The smallest absolute Gasteiger partial charge is 0.193 e. The van der Waals surface area contributed by atoms with Crippen molar-refractivity contribution in [3.8, 4) is 0 Å². The van der Waals surface area contributed by atoms with E-state index < -0.39 is 0 Å². The molecule has 3 rings (SSSR count). The second kappa shape index (κ2) is 14.1. The van der Waals surface area contributed by atoms with Crippen molar-refractivity contribution in [1.29, 1.82) is 0 Å². The van der Waals surface area contributed by atoms with Crippen LogP contribution in [-0.4, -0.2) is 86.5 Å². The summed E-state index contributed by atoms with van der Waals surface area (Å²) in [5, 5.41) is 3.53. The first kappa shape index (κ1) is 26.1. The third kappa shape index (κ3) is 8.43. The number of piperidine rings is 1. The molecular formula is C23H45IN4O2. The summed E-state index contributed by atoms with van der Waals surface area (Å²) in [5.41, 5.74) is 0. The highest BCUT2D eigenvalue weighted by atomic mass is 127. The molecule has 3 fully saturated rings. The Morgan fingerprint density at radius 2 is 1.90 bits per heavy atom. The van der Waals surface area contributed by atoms with Crippen LogP contribution in [0, 0.1) is 5.92 Å². The third-order valence-corrected chi connectivity index (χ3v) is 6.42. The molecule has 0 aliphatic carbocycles.